The number of ether oxygens (including phenoxy) is 1. The Balaban J connectivity index is 1.60. The van der Waals surface area contributed by atoms with Crippen LogP contribution < -0.4 is 20.9 Å². The third-order valence-electron chi connectivity index (χ3n) is 3.23. The van der Waals surface area contributed by atoms with E-state index in [2.05, 4.69) is 21.2 Å². The van der Waals surface area contributed by atoms with Crippen LogP contribution in [0.15, 0.2) is 41.7 Å². The second-order valence-corrected chi connectivity index (χ2v) is 4.79. The van der Waals surface area contributed by atoms with Gasteiger partial charge in [0.25, 0.3) is 0 Å². The maximum Gasteiger partial charge on any atom is 0.133 e. The van der Waals surface area contributed by atoms with E-state index in [9.17, 15) is 0 Å². The van der Waals surface area contributed by atoms with Crippen molar-refractivity contribution < 1.29 is 4.74 Å². The Morgan fingerprint density at radius 3 is 3.00 bits per heavy atom. The molecule has 0 radical (unpaired) electrons. The predicted octanol–water partition coefficient (Wildman–Crippen LogP) is 1.46. The molecular weight excluding hydrogens is 254 g/mol. The van der Waals surface area contributed by atoms with Crippen molar-refractivity contribution in [2.45, 2.75) is 18.9 Å². The number of nitrogens with one attached hydrogen (secondary N) is 3. The van der Waals surface area contributed by atoms with Gasteiger partial charge in [0.15, 0.2) is 0 Å². The zero-order chi connectivity index (χ0) is 13.6. The Morgan fingerprint density at radius 2 is 2.20 bits per heavy atom. The number of hydrogen-bond donors (Lipinski definition) is 3. The molecule has 20 heavy (non-hydrogen) atoms. The van der Waals surface area contributed by atoms with Gasteiger partial charge in [0.2, 0.25) is 0 Å². The number of aliphatic imine (C=N–C) groups is 1. The second kappa shape index (κ2) is 6.29. The van der Waals surface area contributed by atoms with E-state index in [0.29, 0.717) is 6.10 Å². The summed E-state index contributed by atoms with van der Waals surface area (Å²) in [5.74, 6) is 0.895. The standard InChI is InChI=1S/C14H19N5O/c1-2-12(18-19-11-16-8-9-17-19)10-14(3-1)20-13-4-6-15-7-5-13/h1-3,8-11,13,15,17-18H,4-7H2. The van der Waals surface area contributed by atoms with Gasteiger partial charge in [0.1, 0.15) is 18.2 Å². The molecule has 3 N–H and O–H groups in total. The Labute approximate surface area is 118 Å². The summed E-state index contributed by atoms with van der Waals surface area (Å²) in [6.07, 6.45) is 7.53. The number of hydrogen-bond acceptors (Lipinski definition) is 6. The Bertz CT molecular complexity index is 496. The maximum atomic E-state index is 6.02. The van der Waals surface area contributed by atoms with Crippen LogP contribution in [0.25, 0.3) is 0 Å². The monoisotopic (exact) mass is 273 g/mol. The average molecular weight is 273 g/mol. The summed E-state index contributed by atoms with van der Waals surface area (Å²) in [7, 11) is 0. The number of hydrazine groups is 2. The SMILES string of the molecule is C1=CNN(Nc2cccc(OC3CCNCC3)c2)C=N1. The molecule has 3 rings (SSSR count). The quantitative estimate of drug-likeness (QED) is 0.775. The highest BCUT2D eigenvalue weighted by molar-refractivity contribution is 5.60. The zero-order valence-corrected chi connectivity index (χ0v) is 11.2. The van der Waals surface area contributed by atoms with Crippen molar-refractivity contribution in [3.63, 3.8) is 0 Å². The molecule has 6 nitrogen and oxygen atoms in total. The molecule has 0 aliphatic carbocycles. The summed E-state index contributed by atoms with van der Waals surface area (Å²) >= 11 is 0. The molecule has 2 aliphatic rings. The lowest BCUT2D eigenvalue weighted by molar-refractivity contribution is 0.162. The minimum absolute atomic E-state index is 0.309. The smallest absolute Gasteiger partial charge is 0.133 e. The highest BCUT2D eigenvalue weighted by Crippen LogP contribution is 2.21. The molecule has 1 fully saturated rings. The van der Waals surface area contributed by atoms with Crippen molar-refractivity contribution in [2.75, 3.05) is 18.5 Å². The third kappa shape index (κ3) is 3.42. The van der Waals surface area contributed by atoms with E-state index in [1.54, 1.807) is 23.9 Å². The van der Waals surface area contributed by atoms with Gasteiger partial charge in [-0.05, 0) is 38.1 Å². The molecule has 0 saturated carbocycles. The first-order valence-corrected chi connectivity index (χ1v) is 6.88. The fourth-order valence-corrected chi connectivity index (χ4v) is 2.24. The van der Waals surface area contributed by atoms with E-state index >= 15 is 0 Å². The van der Waals surface area contributed by atoms with Gasteiger partial charge in [-0.25, -0.2) is 4.99 Å². The van der Waals surface area contributed by atoms with Crippen LogP contribution in [0.1, 0.15) is 12.8 Å². The van der Waals surface area contributed by atoms with Crippen molar-refractivity contribution in [3.05, 3.63) is 36.7 Å². The van der Waals surface area contributed by atoms with Crippen LogP contribution in [0.2, 0.25) is 0 Å². The van der Waals surface area contributed by atoms with E-state index in [4.69, 9.17) is 4.74 Å². The molecule has 0 aromatic heterocycles. The topological polar surface area (TPSA) is 60.9 Å². The first kappa shape index (κ1) is 12.8. The minimum Gasteiger partial charge on any atom is -0.490 e. The third-order valence-corrected chi connectivity index (χ3v) is 3.23. The summed E-state index contributed by atoms with van der Waals surface area (Å²) < 4.78 is 6.02. The molecule has 0 spiro atoms. The van der Waals surface area contributed by atoms with E-state index < -0.39 is 0 Å². The van der Waals surface area contributed by atoms with Crippen molar-refractivity contribution in [1.82, 2.24) is 15.9 Å². The van der Waals surface area contributed by atoms with Gasteiger partial charge in [-0.3, -0.25) is 10.9 Å². The molecule has 6 heteroatoms. The number of nitrogens with zero attached hydrogens (tertiary/aromatic N) is 2. The lowest BCUT2D eigenvalue weighted by Crippen LogP contribution is -2.39. The van der Waals surface area contributed by atoms with Crippen molar-refractivity contribution >= 4 is 12.0 Å². The number of rotatable bonds is 4. The number of benzene rings is 1. The van der Waals surface area contributed by atoms with E-state index in [-0.39, 0.29) is 0 Å². The van der Waals surface area contributed by atoms with Crippen LogP contribution in [0.3, 0.4) is 0 Å². The number of anilines is 1. The lowest BCUT2D eigenvalue weighted by atomic mass is 10.1. The second-order valence-electron chi connectivity index (χ2n) is 4.79. The van der Waals surface area contributed by atoms with Gasteiger partial charge in [0.05, 0.1) is 5.69 Å². The van der Waals surface area contributed by atoms with E-state index in [0.717, 1.165) is 37.4 Å². The molecule has 2 heterocycles. The summed E-state index contributed by atoms with van der Waals surface area (Å²) in [6, 6.07) is 7.96. The molecule has 0 amide bonds. The zero-order valence-electron chi connectivity index (χ0n) is 11.2. The molecule has 2 aliphatic heterocycles. The predicted molar refractivity (Wildman–Crippen MR) is 79.2 cm³/mol. The van der Waals surface area contributed by atoms with Crippen LogP contribution >= 0.6 is 0 Å². The van der Waals surface area contributed by atoms with Crippen molar-refractivity contribution in [3.8, 4) is 5.75 Å². The van der Waals surface area contributed by atoms with Gasteiger partial charge < -0.3 is 10.1 Å². The van der Waals surface area contributed by atoms with Gasteiger partial charge in [-0.15, -0.1) is 0 Å². The Morgan fingerprint density at radius 1 is 1.30 bits per heavy atom. The first-order valence-electron chi connectivity index (χ1n) is 6.88. The summed E-state index contributed by atoms with van der Waals surface area (Å²) in [5.41, 5.74) is 7.15. The van der Waals surface area contributed by atoms with Crippen LogP contribution in [0.4, 0.5) is 5.69 Å². The van der Waals surface area contributed by atoms with Gasteiger partial charge in [-0.2, -0.15) is 5.12 Å². The molecule has 1 saturated heterocycles. The summed E-state index contributed by atoms with van der Waals surface area (Å²) in [6.45, 7) is 2.06. The Hall–Kier alpha value is -2.21. The van der Waals surface area contributed by atoms with Gasteiger partial charge in [-0.1, -0.05) is 6.07 Å². The van der Waals surface area contributed by atoms with Gasteiger partial charge in [0, 0.05) is 18.5 Å². The highest BCUT2D eigenvalue weighted by atomic mass is 16.5. The minimum atomic E-state index is 0.309. The van der Waals surface area contributed by atoms with Crippen LogP contribution in [0.5, 0.6) is 5.75 Å². The average Bonchev–Trinajstić information content (AvgIpc) is 2.50. The van der Waals surface area contributed by atoms with Crippen molar-refractivity contribution in [2.24, 2.45) is 4.99 Å². The van der Waals surface area contributed by atoms with Gasteiger partial charge >= 0.3 is 0 Å². The van der Waals surface area contributed by atoms with Crippen LogP contribution in [-0.2, 0) is 0 Å². The Kier molecular flexibility index (Phi) is 4.03. The number of piperidine rings is 1. The van der Waals surface area contributed by atoms with E-state index in [1.807, 2.05) is 24.3 Å². The molecule has 0 unspecified atom stereocenters. The lowest BCUT2D eigenvalue weighted by Gasteiger charge is -2.25. The summed E-state index contributed by atoms with van der Waals surface area (Å²) in [5, 5.41) is 5.02. The summed E-state index contributed by atoms with van der Waals surface area (Å²) in [4.78, 5) is 4.03. The first-order chi connectivity index (χ1) is 9.90. The molecule has 0 bridgehead atoms. The van der Waals surface area contributed by atoms with Crippen LogP contribution in [-0.4, -0.2) is 30.6 Å². The fraction of sp³-hybridized carbons (Fsp3) is 0.357. The molecular formula is C14H19N5O. The fourth-order valence-electron chi connectivity index (χ4n) is 2.24. The van der Waals surface area contributed by atoms with Crippen molar-refractivity contribution in [1.29, 1.82) is 0 Å². The van der Waals surface area contributed by atoms with Crippen LogP contribution in [0, 0.1) is 0 Å². The molecule has 106 valence electrons. The maximum absolute atomic E-state index is 6.02. The molecule has 1 aromatic rings. The molecule has 1 aromatic carbocycles. The van der Waals surface area contributed by atoms with E-state index in [1.165, 1.54) is 0 Å². The highest BCUT2D eigenvalue weighted by Gasteiger charge is 2.14. The normalized spacial score (nSPS) is 18.7. The molecule has 0 atom stereocenters. The largest absolute Gasteiger partial charge is 0.490 e.